The van der Waals surface area contributed by atoms with Crippen molar-refractivity contribution in [3.8, 4) is 5.75 Å². The summed E-state index contributed by atoms with van der Waals surface area (Å²) in [5.74, 6) is 0.243. The van der Waals surface area contributed by atoms with Crippen LogP contribution in [0.1, 0.15) is 83.9 Å². The zero-order valence-electron chi connectivity index (χ0n) is 22.9. The standard InChI is InChI=1S/C31H40N2O3S/c1-30(2,3)23-18-22(29(34)25(19-23)31(4,5)6)20-32-26-15-9-10-16-27(26)33-37(35,36)28-17-11-13-21-12-7-8-14-24(21)28/h7-8,11-14,17-20,26-27,33-34H,9-10,15-16H2,1-6H3/t26-,27-/m0/s1. The molecule has 4 rings (SSSR count). The second kappa shape index (κ2) is 10.2. The van der Waals surface area contributed by atoms with Gasteiger partial charge in [0.1, 0.15) is 5.75 Å². The van der Waals surface area contributed by atoms with E-state index in [1.807, 2.05) is 36.4 Å². The zero-order valence-corrected chi connectivity index (χ0v) is 23.7. The first-order valence-electron chi connectivity index (χ1n) is 13.2. The second-order valence-corrected chi connectivity index (χ2v) is 14.0. The van der Waals surface area contributed by atoms with E-state index in [9.17, 15) is 13.5 Å². The summed E-state index contributed by atoms with van der Waals surface area (Å²) in [7, 11) is -3.74. The van der Waals surface area contributed by atoms with Crippen LogP contribution in [0.5, 0.6) is 5.75 Å². The van der Waals surface area contributed by atoms with Gasteiger partial charge < -0.3 is 5.11 Å². The number of aliphatic imine (C=N–C) groups is 1. The van der Waals surface area contributed by atoms with Gasteiger partial charge in [0.2, 0.25) is 10.0 Å². The Hall–Kier alpha value is -2.70. The molecule has 37 heavy (non-hydrogen) atoms. The van der Waals surface area contributed by atoms with Crippen LogP contribution >= 0.6 is 0 Å². The number of aromatic hydroxyl groups is 1. The van der Waals surface area contributed by atoms with Gasteiger partial charge in [0.25, 0.3) is 0 Å². The Morgan fingerprint density at radius 3 is 2.30 bits per heavy atom. The molecule has 0 aliphatic heterocycles. The smallest absolute Gasteiger partial charge is 0.241 e. The number of phenols is 1. The molecule has 0 saturated heterocycles. The lowest BCUT2D eigenvalue weighted by atomic mass is 9.79. The molecule has 1 aliphatic rings. The largest absolute Gasteiger partial charge is 0.507 e. The summed E-state index contributed by atoms with van der Waals surface area (Å²) < 4.78 is 30.0. The fourth-order valence-electron chi connectivity index (χ4n) is 5.06. The van der Waals surface area contributed by atoms with Gasteiger partial charge in [-0.1, -0.05) is 96.8 Å². The van der Waals surface area contributed by atoms with Crippen molar-refractivity contribution in [2.24, 2.45) is 4.99 Å². The minimum Gasteiger partial charge on any atom is -0.507 e. The average molecular weight is 521 g/mol. The molecule has 1 fully saturated rings. The van der Waals surface area contributed by atoms with Crippen molar-refractivity contribution in [1.82, 2.24) is 4.72 Å². The molecule has 0 aromatic heterocycles. The van der Waals surface area contributed by atoms with Gasteiger partial charge >= 0.3 is 0 Å². The van der Waals surface area contributed by atoms with E-state index in [1.54, 1.807) is 18.3 Å². The number of hydrogen-bond acceptors (Lipinski definition) is 4. The van der Waals surface area contributed by atoms with Crippen LogP contribution in [0, 0.1) is 0 Å². The van der Waals surface area contributed by atoms with E-state index >= 15 is 0 Å². The molecule has 198 valence electrons. The Labute approximate surface area is 222 Å². The number of sulfonamides is 1. The molecule has 1 aliphatic carbocycles. The Morgan fingerprint density at radius 2 is 1.59 bits per heavy atom. The van der Waals surface area contributed by atoms with Crippen molar-refractivity contribution in [1.29, 1.82) is 0 Å². The molecule has 3 aromatic carbocycles. The fraction of sp³-hybridized carbons (Fsp3) is 0.452. The summed E-state index contributed by atoms with van der Waals surface area (Å²) in [6.07, 6.45) is 5.22. The van der Waals surface area contributed by atoms with Crippen molar-refractivity contribution in [2.75, 3.05) is 0 Å². The van der Waals surface area contributed by atoms with E-state index in [1.165, 1.54) is 0 Å². The average Bonchev–Trinajstić information content (AvgIpc) is 2.82. The maximum absolute atomic E-state index is 13.5. The highest BCUT2D eigenvalue weighted by Gasteiger charge is 2.30. The van der Waals surface area contributed by atoms with Crippen molar-refractivity contribution >= 4 is 27.0 Å². The van der Waals surface area contributed by atoms with Crippen LogP contribution < -0.4 is 4.72 Å². The first-order valence-corrected chi connectivity index (χ1v) is 14.7. The molecule has 1 saturated carbocycles. The number of benzene rings is 3. The van der Waals surface area contributed by atoms with Gasteiger partial charge in [-0.2, -0.15) is 0 Å². The van der Waals surface area contributed by atoms with Gasteiger partial charge in [0.15, 0.2) is 0 Å². The summed E-state index contributed by atoms with van der Waals surface area (Å²) in [4.78, 5) is 5.17. The number of nitrogens with one attached hydrogen (secondary N) is 1. The lowest BCUT2D eigenvalue weighted by Crippen LogP contribution is -2.44. The highest BCUT2D eigenvalue weighted by Crippen LogP contribution is 2.37. The highest BCUT2D eigenvalue weighted by molar-refractivity contribution is 7.89. The van der Waals surface area contributed by atoms with Crippen LogP contribution in [-0.4, -0.2) is 31.8 Å². The third kappa shape index (κ3) is 6.07. The van der Waals surface area contributed by atoms with E-state index in [2.05, 4.69) is 52.3 Å². The van der Waals surface area contributed by atoms with Crippen LogP contribution in [0.3, 0.4) is 0 Å². The van der Waals surface area contributed by atoms with Gasteiger partial charge in [0.05, 0.1) is 10.9 Å². The first-order chi connectivity index (χ1) is 17.3. The summed E-state index contributed by atoms with van der Waals surface area (Å²) >= 11 is 0. The number of hydrogen-bond donors (Lipinski definition) is 2. The van der Waals surface area contributed by atoms with Crippen LogP contribution in [-0.2, 0) is 20.9 Å². The van der Waals surface area contributed by atoms with Gasteiger partial charge in [-0.3, -0.25) is 4.99 Å². The molecule has 5 nitrogen and oxygen atoms in total. The van der Waals surface area contributed by atoms with Gasteiger partial charge in [-0.05, 0) is 46.8 Å². The van der Waals surface area contributed by atoms with Crippen LogP contribution in [0.2, 0.25) is 0 Å². The maximum Gasteiger partial charge on any atom is 0.241 e. The van der Waals surface area contributed by atoms with Gasteiger partial charge in [-0.25, -0.2) is 13.1 Å². The van der Waals surface area contributed by atoms with Crippen molar-refractivity contribution < 1.29 is 13.5 Å². The minimum absolute atomic E-state index is 0.0856. The van der Waals surface area contributed by atoms with Crippen LogP contribution in [0.25, 0.3) is 10.8 Å². The zero-order chi connectivity index (χ0) is 27.0. The second-order valence-electron chi connectivity index (χ2n) is 12.3. The predicted molar refractivity (Wildman–Crippen MR) is 153 cm³/mol. The molecule has 2 N–H and O–H groups in total. The third-order valence-corrected chi connectivity index (χ3v) is 8.84. The van der Waals surface area contributed by atoms with Crippen molar-refractivity contribution in [3.05, 3.63) is 71.3 Å². The van der Waals surface area contributed by atoms with Crippen molar-refractivity contribution in [3.63, 3.8) is 0 Å². The first kappa shape index (κ1) is 27.3. The number of fused-ring (bicyclic) bond motifs is 1. The lowest BCUT2D eigenvalue weighted by Gasteiger charge is -2.30. The molecule has 0 heterocycles. The Balaban J connectivity index is 1.66. The molecule has 2 atom stereocenters. The normalized spacial score (nSPS) is 19.5. The Morgan fingerprint density at radius 1 is 0.919 bits per heavy atom. The molecule has 0 spiro atoms. The Kier molecular flexibility index (Phi) is 7.55. The lowest BCUT2D eigenvalue weighted by molar-refractivity contribution is 0.363. The molecule has 0 radical (unpaired) electrons. The van der Waals surface area contributed by atoms with Gasteiger partial charge in [0, 0.05) is 28.8 Å². The predicted octanol–water partition coefficient (Wildman–Crippen LogP) is 6.85. The van der Waals surface area contributed by atoms with E-state index in [0.29, 0.717) is 15.8 Å². The van der Waals surface area contributed by atoms with E-state index in [0.717, 1.165) is 42.2 Å². The van der Waals surface area contributed by atoms with Crippen molar-refractivity contribution in [2.45, 2.75) is 95.0 Å². The molecule has 3 aromatic rings. The topological polar surface area (TPSA) is 78.8 Å². The fourth-order valence-corrected chi connectivity index (χ4v) is 6.59. The van der Waals surface area contributed by atoms with Gasteiger partial charge in [-0.15, -0.1) is 0 Å². The van der Waals surface area contributed by atoms with E-state index in [4.69, 9.17) is 4.99 Å². The monoisotopic (exact) mass is 520 g/mol. The third-order valence-electron chi connectivity index (χ3n) is 7.29. The summed E-state index contributed by atoms with van der Waals surface area (Å²) in [5.41, 5.74) is 2.39. The number of phenolic OH excluding ortho intramolecular Hbond substituents is 1. The van der Waals surface area contributed by atoms with E-state index < -0.39 is 10.0 Å². The van der Waals surface area contributed by atoms with Crippen LogP contribution in [0.15, 0.2) is 64.5 Å². The molecule has 0 unspecified atom stereocenters. The molecule has 6 heteroatoms. The summed E-state index contributed by atoms with van der Waals surface area (Å²) in [5, 5.41) is 12.8. The highest BCUT2D eigenvalue weighted by atomic mass is 32.2. The molecule has 0 amide bonds. The number of nitrogens with zero attached hydrogens (tertiary/aromatic N) is 1. The molecular weight excluding hydrogens is 480 g/mol. The minimum atomic E-state index is -3.74. The SMILES string of the molecule is CC(C)(C)c1cc(C=N[C@H]2CCCC[C@@H]2NS(=O)(=O)c2cccc3ccccc23)c(O)c(C(C)(C)C)c1. The summed E-state index contributed by atoms with van der Waals surface area (Å²) in [6.45, 7) is 12.8. The summed E-state index contributed by atoms with van der Waals surface area (Å²) in [6, 6.07) is 16.5. The molecule has 0 bridgehead atoms. The molecular formula is C31H40N2O3S. The quantitative estimate of drug-likeness (QED) is 0.361. The maximum atomic E-state index is 13.5. The van der Waals surface area contributed by atoms with E-state index in [-0.39, 0.29) is 28.7 Å². The Bertz CT molecular complexity index is 1410. The number of rotatable bonds is 5. The van der Waals surface area contributed by atoms with Crippen LogP contribution in [0.4, 0.5) is 0 Å².